The van der Waals surface area contributed by atoms with Crippen molar-refractivity contribution in [2.24, 2.45) is 0 Å². The Labute approximate surface area is 146 Å². The summed E-state index contributed by atoms with van der Waals surface area (Å²) in [5, 5.41) is 2.86. The summed E-state index contributed by atoms with van der Waals surface area (Å²) in [5.74, 6) is 0.948. The van der Waals surface area contributed by atoms with Crippen LogP contribution in [0.1, 0.15) is 36.5 Å². The normalized spacial score (nSPS) is 10.7. The van der Waals surface area contributed by atoms with Crippen molar-refractivity contribution in [3.63, 3.8) is 0 Å². The van der Waals surface area contributed by atoms with E-state index in [1.165, 1.54) is 0 Å². The van der Waals surface area contributed by atoms with Crippen molar-refractivity contribution < 1.29 is 9.53 Å². The Balaban J connectivity index is 2.03. The van der Waals surface area contributed by atoms with Gasteiger partial charge in [0.05, 0.1) is 5.69 Å². The number of benzene rings is 2. The van der Waals surface area contributed by atoms with Crippen molar-refractivity contribution in [2.75, 3.05) is 11.9 Å². The van der Waals surface area contributed by atoms with Crippen LogP contribution in [0.3, 0.4) is 0 Å². The van der Waals surface area contributed by atoms with Crippen LogP contribution in [0, 0.1) is 13.8 Å². The molecule has 0 fully saturated rings. The molecule has 4 heteroatoms. The number of ether oxygens (including phenoxy) is 1. The molecule has 0 unspecified atom stereocenters. The topological polar surface area (TPSA) is 38.3 Å². The molecule has 0 aliphatic carbocycles. The number of nitrogens with one attached hydrogen (secondary N) is 1. The number of hydrogen-bond acceptors (Lipinski definition) is 2. The van der Waals surface area contributed by atoms with E-state index >= 15 is 0 Å². The van der Waals surface area contributed by atoms with Crippen molar-refractivity contribution in [1.82, 2.24) is 0 Å². The maximum absolute atomic E-state index is 12.1. The summed E-state index contributed by atoms with van der Waals surface area (Å²) >= 11 is 3.46. The van der Waals surface area contributed by atoms with Gasteiger partial charge in [-0.3, -0.25) is 4.79 Å². The maximum Gasteiger partial charge on any atom is 0.262 e. The third-order valence-electron chi connectivity index (χ3n) is 3.55. The number of hydrogen-bond donors (Lipinski definition) is 1. The third kappa shape index (κ3) is 4.83. The highest BCUT2D eigenvalue weighted by atomic mass is 79.9. The van der Waals surface area contributed by atoms with E-state index in [0.717, 1.165) is 32.6 Å². The van der Waals surface area contributed by atoms with Crippen LogP contribution >= 0.6 is 15.9 Å². The maximum atomic E-state index is 12.1. The minimum atomic E-state index is -0.175. The number of anilines is 1. The van der Waals surface area contributed by atoms with Crippen LogP contribution in [0.15, 0.2) is 40.9 Å². The Morgan fingerprint density at radius 2 is 1.78 bits per heavy atom. The molecule has 0 atom stereocenters. The van der Waals surface area contributed by atoms with Gasteiger partial charge in [-0.25, -0.2) is 0 Å². The Morgan fingerprint density at radius 3 is 2.43 bits per heavy atom. The summed E-state index contributed by atoms with van der Waals surface area (Å²) in [7, 11) is 0. The molecule has 2 aromatic carbocycles. The Morgan fingerprint density at radius 1 is 1.13 bits per heavy atom. The number of aryl methyl sites for hydroxylation is 2. The van der Waals surface area contributed by atoms with E-state index in [9.17, 15) is 4.79 Å². The van der Waals surface area contributed by atoms with Crippen LogP contribution in [0.5, 0.6) is 5.75 Å². The zero-order valence-electron chi connectivity index (χ0n) is 13.9. The molecule has 1 N–H and O–H groups in total. The van der Waals surface area contributed by atoms with Crippen LogP contribution < -0.4 is 10.1 Å². The summed E-state index contributed by atoms with van der Waals surface area (Å²) in [6.07, 6.45) is 0. The molecular formula is C19H22BrNO2. The fourth-order valence-electron chi connectivity index (χ4n) is 2.29. The van der Waals surface area contributed by atoms with Crippen LogP contribution in [-0.2, 0) is 4.79 Å². The van der Waals surface area contributed by atoms with Gasteiger partial charge >= 0.3 is 0 Å². The van der Waals surface area contributed by atoms with E-state index in [0.29, 0.717) is 5.92 Å². The third-order valence-corrected chi connectivity index (χ3v) is 4.20. The lowest BCUT2D eigenvalue weighted by atomic mass is 10.0. The van der Waals surface area contributed by atoms with Crippen LogP contribution in [0.2, 0.25) is 0 Å². The zero-order chi connectivity index (χ0) is 17.0. The zero-order valence-corrected chi connectivity index (χ0v) is 15.5. The van der Waals surface area contributed by atoms with Gasteiger partial charge in [-0.05, 0) is 70.6 Å². The molecule has 0 heterocycles. The molecule has 0 bridgehead atoms. The van der Waals surface area contributed by atoms with Gasteiger partial charge in [0.2, 0.25) is 0 Å². The highest BCUT2D eigenvalue weighted by Crippen LogP contribution is 2.28. The Kier molecular flexibility index (Phi) is 5.83. The van der Waals surface area contributed by atoms with Crippen molar-refractivity contribution >= 4 is 27.5 Å². The summed E-state index contributed by atoms with van der Waals surface area (Å²) in [6, 6.07) is 11.9. The van der Waals surface area contributed by atoms with E-state index in [1.807, 2.05) is 38.1 Å². The lowest BCUT2D eigenvalue weighted by molar-refractivity contribution is -0.118. The van der Waals surface area contributed by atoms with Gasteiger partial charge in [-0.1, -0.05) is 32.0 Å². The second kappa shape index (κ2) is 7.64. The quantitative estimate of drug-likeness (QED) is 0.778. The molecular weight excluding hydrogens is 354 g/mol. The molecule has 0 saturated heterocycles. The number of amides is 1. The molecule has 0 aromatic heterocycles. The molecule has 3 nitrogen and oxygen atoms in total. The molecule has 2 rings (SSSR count). The van der Waals surface area contributed by atoms with Gasteiger partial charge < -0.3 is 10.1 Å². The van der Waals surface area contributed by atoms with Crippen molar-refractivity contribution in [1.29, 1.82) is 0 Å². The van der Waals surface area contributed by atoms with E-state index < -0.39 is 0 Å². The molecule has 0 aliphatic rings. The highest BCUT2D eigenvalue weighted by Gasteiger charge is 2.11. The molecule has 0 aliphatic heterocycles. The first-order valence-corrected chi connectivity index (χ1v) is 8.45. The first kappa shape index (κ1) is 17.5. The van der Waals surface area contributed by atoms with Gasteiger partial charge in [0.1, 0.15) is 5.75 Å². The minimum Gasteiger partial charge on any atom is -0.483 e. The standard InChI is InChI=1S/C19H22BrNO2/c1-12(2)15-7-5-14(4)10-18(15)23-11-19(22)21-17-8-6-13(3)9-16(17)20/h5-10,12H,11H2,1-4H3,(H,21,22). The van der Waals surface area contributed by atoms with Crippen molar-refractivity contribution in [3.8, 4) is 5.75 Å². The summed E-state index contributed by atoms with van der Waals surface area (Å²) in [6.45, 7) is 8.23. The van der Waals surface area contributed by atoms with Gasteiger partial charge in [0, 0.05) is 4.47 Å². The predicted molar refractivity (Wildman–Crippen MR) is 98.3 cm³/mol. The number of carbonyl (C=O) groups is 1. The Bertz CT molecular complexity index is 711. The molecule has 0 spiro atoms. The number of carbonyl (C=O) groups excluding carboxylic acids is 1. The average molecular weight is 376 g/mol. The molecule has 122 valence electrons. The highest BCUT2D eigenvalue weighted by molar-refractivity contribution is 9.10. The molecule has 0 radical (unpaired) electrons. The van der Waals surface area contributed by atoms with Crippen molar-refractivity contribution in [3.05, 3.63) is 57.6 Å². The van der Waals surface area contributed by atoms with Crippen molar-refractivity contribution in [2.45, 2.75) is 33.6 Å². The van der Waals surface area contributed by atoms with Gasteiger partial charge in [0.25, 0.3) is 5.91 Å². The van der Waals surface area contributed by atoms with Crippen LogP contribution in [0.25, 0.3) is 0 Å². The lowest BCUT2D eigenvalue weighted by Gasteiger charge is -2.15. The smallest absolute Gasteiger partial charge is 0.262 e. The molecule has 0 saturated carbocycles. The van der Waals surface area contributed by atoms with Crippen LogP contribution in [-0.4, -0.2) is 12.5 Å². The minimum absolute atomic E-state index is 0.0104. The summed E-state index contributed by atoms with van der Waals surface area (Å²) in [5.41, 5.74) is 4.11. The van der Waals surface area contributed by atoms with Gasteiger partial charge in [0.15, 0.2) is 6.61 Å². The average Bonchev–Trinajstić information content (AvgIpc) is 2.48. The SMILES string of the molecule is Cc1ccc(NC(=O)COc2cc(C)ccc2C(C)C)c(Br)c1. The summed E-state index contributed by atoms with van der Waals surface area (Å²) in [4.78, 5) is 12.1. The van der Waals surface area contributed by atoms with E-state index in [-0.39, 0.29) is 12.5 Å². The van der Waals surface area contributed by atoms with E-state index in [1.54, 1.807) is 0 Å². The fraction of sp³-hybridized carbons (Fsp3) is 0.316. The van der Waals surface area contributed by atoms with E-state index in [2.05, 4.69) is 47.2 Å². The Hall–Kier alpha value is -1.81. The molecule has 23 heavy (non-hydrogen) atoms. The number of halogens is 1. The first-order chi connectivity index (χ1) is 10.9. The summed E-state index contributed by atoms with van der Waals surface area (Å²) < 4.78 is 6.61. The molecule has 1 amide bonds. The predicted octanol–water partition coefficient (Wildman–Crippen LogP) is 5.21. The van der Waals surface area contributed by atoms with Crippen LogP contribution in [0.4, 0.5) is 5.69 Å². The molecule has 2 aromatic rings. The fourth-order valence-corrected chi connectivity index (χ4v) is 2.89. The second-order valence-corrected chi connectivity index (χ2v) is 6.87. The van der Waals surface area contributed by atoms with Gasteiger partial charge in [-0.2, -0.15) is 0 Å². The van der Waals surface area contributed by atoms with E-state index in [4.69, 9.17) is 4.74 Å². The lowest BCUT2D eigenvalue weighted by Crippen LogP contribution is -2.21. The largest absolute Gasteiger partial charge is 0.483 e. The first-order valence-electron chi connectivity index (χ1n) is 7.66. The monoisotopic (exact) mass is 375 g/mol. The second-order valence-electron chi connectivity index (χ2n) is 6.02. The number of rotatable bonds is 5. The van der Waals surface area contributed by atoms with Gasteiger partial charge in [-0.15, -0.1) is 0 Å².